The summed E-state index contributed by atoms with van der Waals surface area (Å²) in [5.41, 5.74) is 0. The molecule has 2 heterocycles. The number of likely N-dealkylation sites (tertiary alicyclic amines) is 1. The molecule has 0 saturated carbocycles. The third kappa shape index (κ3) is 3.66. The van der Waals surface area contributed by atoms with Gasteiger partial charge in [-0.05, 0) is 25.9 Å². The van der Waals surface area contributed by atoms with Crippen LogP contribution in [0.25, 0.3) is 0 Å². The largest absolute Gasteiger partial charge is 0.396 e. The summed E-state index contributed by atoms with van der Waals surface area (Å²) in [4.78, 5) is 16.2. The van der Waals surface area contributed by atoms with E-state index in [9.17, 15) is 4.79 Å². The maximum atomic E-state index is 12.1. The highest BCUT2D eigenvalue weighted by atomic mass is 16.3. The second-order valence-electron chi connectivity index (χ2n) is 5.06. The minimum Gasteiger partial charge on any atom is -0.396 e. The molecule has 0 aromatic rings. The fourth-order valence-electron chi connectivity index (χ4n) is 2.56. The number of nitrogens with zero attached hydrogens (tertiary/aromatic N) is 2. The van der Waals surface area contributed by atoms with Gasteiger partial charge in [-0.2, -0.15) is 0 Å². The number of rotatable bonds is 3. The minimum atomic E-state index is 0.206. The van der Waals surface area contributed by atoms with Crippen molar-refractivity contribution in [2.24, 2.45) is 5.92 Å². The van der Waals surface area contributed by atoms with E-state index in [1.807, 2.05) is 4.90 Å². The smallest absolute Gasteiger partial charge is 0.236 e. The predicted octanol–water partition coefficient (Wildman–Crippen LogP) is -0.877. The second-order valence-corrected chi connectivity index (χ2v) is 5.06. The second kappa shape index (κ2) is 6.33. The van der Waals surface area contributed by atoms with Gasteiger partial charge >= 0.3 is 0 Å². The lowest BCUT2D eigenvalue weighted by Crippen LogP contribution is -2.40. The summed E-state index contributed by atoms with van der Waals surface area (Å²) in [5, 5.41) is 12.4. The molecule has 17 heavy (non-hydrogen) atoms. The molecule has 5 nitrogen and oxygen atoms in total. The highest BCUT2D eigenvalue weighted by Gasteiger charge is 2.26. The monoisotopic (exact) mass is 241 g/mol. The molecule has 0 aromatic carbocycles. The van der Waals surface area contributed by atoms with Crippen molar-refractivity contribution in [3.63, 3.8) is 0 Å². The molecule has 0 radical (unpaired) electrons. The predicted molar refractivity (Wildman–Crippen MR) is 65.7 cm³/mol. The first-order valence-corrected chi connectivity index (χ1v) is 6.61. The highest BCUT2D eigenvalue weighted by Crippen LogP contribution is 2.15. The summed E-state index contributed by atoms with van der Waals surface area (Å²) in [7, 11) is 0. The Balaban J connectivity index is 1.76. The van der Waals surface area contributed by atoms with Crippen LogP contribution in [0, 0.1) is 5.92 Å². The molecule has 98 valence electrons. The zero-order chi connectivity index (χ0) is 12.1. The molecule has 2 aliphatic rings. The number of aliphatic hydroxyl groups is 1. The van der Waals surface area contributed by atoms with Gasteiger partial charge in [0.25, 0.3) is 0 Å². The van der Waals surface area contributed by atoms with E-state index in [-0.39, 0.29) is 12.5 Å². The minimum absolute atomic E-state index is 0.206. The van der Waals surface area contributed by atoms with Crippen LogP contribution in [0.1, 0.15) is 12.8 Å². The van der Waals surface area contributed by atoms with Gasteiger partial charge < -0.3 is 15.3 Å². The first-order valence-electron chi connectivity index (χ1n) is 6.61. The summed E-state index contributed by atoms with van der Waals surface area (Å²) in [6.45, 7) is 6.31. The summed E-state index contributed by atoms with van der Waals surface area (Å²) < 4.78 is 0. The van der Waals surface area contributed by atoms with Crippen LogP contribution in [-0.4, -0.2) is 73.2 Å². The number of amides is 1. The SMILES string of the molecule is O=C(CN1CCCNCC1)N1CCC(CO)C1. The molecule has 5 heteroatoms. The fraction of sp³-hybridized carbons (Fsp3) is 0.917. The van der Waals surface area contributed by atoms with Crippen LogP contribution in [0.2, 0.25) is 0 Å². The molecule has 0 bridgehead atoms. The number of aliphatic hydroxyl groups excluding tert-OH is 1. The third-order valence-corrected chi connectivity index (χ3v) is 3.69. The molecule has 0 spiro atoms. The molecule has 0 aliphatic carbocycles. The van der Waals surface area contributed by atoms with Crippen molar-refractivity contribution in [3.05, 3.63) is 0 Å². The summed E-state index contributed by atoms with van der Waals surface area (Å²) in [6, 6.07) is 0. The van der Waals surface area contributed by atoms with Gasteiger partial charge in [0.15, 0.2) is 0 Å². The van der Waals surface area contributed by atoms with Crippen molar-refractivity contribution in [1.29, 1.82) is 0 Å². The van der Waals surface area contributed by atoms with E-state index in [1.54, 1.807) is 0 Å². The summed E-state index contributed by atoms with van der Waals surface area (Å²) in [6.07, 6.45) is 2.07. The van der Waals surface area contributed by atoms with Crippen LogP contribution in [0.5, 0.6) is 0 Å². The van der Waals surface area contributed by atoms with Crippen molar-refractivity contribution < 1.29 is 9.90 Å². The van der Waals surface area contributed by atoms with Crippen LogP contribution < -0.4 is 5.32 Å². The quantitative estimate of drug-likeness (QED) is 0.674. The Kier molecular flexibility index (Phi) is 4.76. The molecule has 2 N–H and O–H groups in total. The Morgan fingerprint density at radius 2 is 2.18 bits per heavy atom. The van der Waals surface area contributed by atoms with Crippen LogP contribution in [0.3, 0.4) is 0 Å². The van der Waals surface area contributed by atoms with E-state index in [0.717, 1.165) is 52.1 Å². The lowest BCUT2D eigenvalue weighted by atomic mass is 10.1. The van der Waals surface area contributed by atoms with Gasteiger partial charge in [0.05, 0.1) is 6.54 Å². The Labute approximate surface area is 103 Å². The zero-order valence-electron chi connectivity index (χ0n) is 10.4. The van der Waals surface area contributed by atoms with Crippen LogP contribution in [0.15, 0.2) is 0 Å². The molecule has 1 atom stereocenters. The van der Waals surface area contributed by atoms with Crippen molar-refractivity contribution >= 4 is 5.91 Å². The van der Waals surface area contributed by atoms with Crippen molar-refractivity contribution in [2.75, 3.05) is 52.4 Å². The van der Waals surface area contributed by atoms with Gasteiger partial charge in [0, 0.05) is 38.7 Å². The van der Waals surface area contributed by atoms with Crippen LogP contribution in [-0.2, 0) is 4.79 Å². The number of carbonyl (C=O) groups is 1. The molecule has 1 unspecified atom stereocenters. The van der Waals surface area contributed by atoms with Crippen LogP contribution >= 0.6 is 0 Å². The first kappa shape index (κ1) is 12.8. The fourth-order valence-corrected chi connectivity index (χ4v) is 2.56. The van der Waals surface area contributed by atoms with Crippen molar-refractivity contribution in [2.45, 2.75) is 12.8 Å². The third-order valence-electron chi connectivity index (χ3n) is 3.69. The molecule has 0 aromatic heterocycles. The maximum Gasteiger partial charge on any atom is 0.236 e. The first-order chi connectivity index (χ1) is 8.29. The van der Waals surface area contributed by atoms with Crippen LogP contribution in [0.4, 0.5) is 0 Å². The van der Waals surface area contributed by atoms with E-state index in [0.29, 0.717) is 12.5 Å². The Hall–Kier alpha value is -0.650. The summed E-state index contributed by atoms with van der Waals surface area (Å²) >= 11 is 0. The molecule has 1 amide bonds. The molecule has 2 aliphatic heterocycles. The van der Waals surface area contributed by atoms with Gasteiger partial charge in [-0.3, -0.25) is 9.69 Å². The number of hydrogen-bond donors (Lipinski definition) is 2. The molecule has 2 fully saturated rings. The number of carbonyl (C=O) groups excluding carboxylic acids is 1. The zero-order valence-corrected chi connectivity index (χ0v) is 10.4. The van der Waals surface area contributed by atoms with Crippen molar-refractivity contribution in [3.8, 4) is 0 Å². The number of nitrogens with one attached hydrogen (secondary N) is 1. The molecular formula is C12H23N3O2. The molecule has 2 saturated heterocycles. The normalized spacial score (nSPS) is 27.1. The molecule has 2 rings (SSSR count). The van der Waals surface area contributed by atoms with E-state index in [2.05, 4.69) is 10.2 Å². The Morgan fingerprint density at radius 1 is 1.29 bits per heavy atom. The van der Waals surface area contributed by atoms with Gasteiger partial charge in [-0.15, -0.1) is 0 Å². The Morgan fingerprint density at radius 3 is 2.94 bits per heavy atom. The van der Waals surface area contributed by atoms with Gasteiger partial charge in [-0.1, -0.05) is 0 Å². The lowest BCUT2D eigenvalue weighted by molar-refractivity contribution is -0.131. The lowest BCUT2D eigenvalue weighted by Gasteiger charge is -2.23. The number of hydrogen-bond acceptors (Lipinski definition) is 4. The van der Waals surface area contributed by atoms with E-state index in [1.165, 1.54) is 0 Å². The van der Waals surface area contributed by atoms with E-state index >= 15 is 0 Å². The molecular weight excluding hydrogens is 218 g/mol. The topological polar surface area (TPSA) is 55.8 Å². The summed E-state index contributed by atoms with van der Waals surface area (Å²) in [5.74, 6) is 0.521. The Bertz CT molecular complexity index is 252. The maximum absolute atomic E-state index is 12.1. The standard InChI is InChI=1S/C12H23N3O2/c16-10-11-2-6-15(8-11)12(17)9-14-5-1-3-13-4-7-14/h11,13,16H,1-10H2. The highest BCUT2D eigenvalue weighted by molar-refractivity contribution is 5.78. The van der Waals surface area contributed by atoms with Crippen molar-refractivity contribution in [1.82, 2.24) is 15.1 Å². The average Bonchev–Trinajstić information content (AvgIpc) is 2.68. The van der Waals surface area contributed by atoms with E-state index < -0.39 is 0 Å². The average molecular weight is 241 g/mol. The van der Waals surface area contributed by atoms with Gasteiger partial charge in [0.2, 0.25) is 5.91 Å². The van der Waals surface area contributed by atoms with Gasteiger partial charge in [-0.25, -0.2) is 0 Å². The van der Waals surface area contributed by atoms with E-state index in [4.69, 9.17) is 5.11 Å². The van der Waals surface area contributed by atoms with Gasteiger partial charge in [0.1, 0.15) is 0 Å².